The van der Waals surface area contributed by atoms with Crippen molar-refractivity contribution >= 4 is 0 Å². The highest BCUT2D eigenvalue weighted by Gasteiger charge is 2.53. The first kappa shape index (κ1) is 25.6. The van der Waals surface area contributed by atoms with Crippen LogP contribution in [0.3, 0.4) is 0 Å². The number of unbranched alkanes of at least 4 members (excludes halogenated alkanes) is 3. The summed E-state index contributed by atoms with van der Waals surface area (Å²) in [6.07, 6.45) is 15.8. The van der Waals surface area contributed by atoms with E-state index in [0.717, 1.165) is 44.4 Å². The summed E-state index contributed by atoms with van der Waals surface area (Å²) in [5, 5.41) is 10.8. The van der Waals surface area contributed by atoms with Crippen LogP contribution in [0.1, 0.15) is 110 Å². The van der Waals surface area contributed by atoms with Gasteiger partial charge in [0.25, 0.3) is 0 Å². The van der Waals surface area contributed by atoms with Crippen LogP contribution in [0.25, 0.3) is 11.1 Å². The molecule has 1 saturated carbocycles. The summed E-state index contributed by atoms with van der Waals surface area (Å²) >= 11 is 0. The van der Waals surface area contributed by atoms with E-state index in [1.165, 1.54) is 61.6 Å². The van der Waals surface area contributed by atoms with Crippen molar-refractivity contribution in [3.05, 3.63) is 60.2 Å². The molecule has 1 aliphatic carbocycles. The van der Waals surface area contributed by atoms with Crippen LogP contribution in [-0.2, 0) is 5.41 Å². The van der Waals surface area contributed by atoms with Gasteiger partial charge in [-0.05, 0) is 61.1 Å². The van der Waals surface area contributed by atoms with E-state index in [4.69, 9.17) is 0 Å². The van der Waals surface area contributed by atoms with Gasteiger partial charge in [-0.2, -0.15) is 5.26 Å². The van der Waals surface area contributed by atoms with Crippen molar-refractivity contribution in [1.29, 1.82) is 5.26 Å². The normalized spacial score (nSPS) is 21.0. The number of nitrogens with zero attached hydrogens (tertiary/aromatic N) is 1. The second kappa shape index (κ2) is 12.4. The average molecular weight is 444 g/mol. The maximum absolute atomic E-state index is 10.8. The summed E-state index contributed by atoms with van der Waals surface area (Å²) in [6, 6.07) is 22.8. The Morgan fingerprint density at radius 1 is 0.818 bits per heavy atom. The number of benzene rings is 2. The SMILES string of the molecule is CCCCCC[C@H]1CC[C@@](C#N)(C(CCC)(CCC)c2ccccc2-c2ccccc2)CC1. The van der Waals surface area contributed by atoms with Crippen LogP contribution in [-0.4, -0.2) is 0 Å². The van der Waals surface area contributed by atoms with E-state index in [1.54, 1.807) is 0 Å². The summed E-state index contributed by atoms with van der Waals surface area (Å²) < 4.78 is 0. The summed E-state index contributed by atoms with van der Waals surface area (Å²) in [4.78, 5) is 0. The zero-order valence-corrected chi connectivity index (χ0v) is 21.4. The zero-order valence-electron chi connectivity index (χ0n) is 21.4. The van der Waals surface area contributed by atoms with Crippen LogP contribution in [0.2, 0.25) is 0 Å². The van der Waals surface area contributed by atoms with Crippen molar-refractivity contribution in [2.45, 2.75) is 110 Å². The van der Waals surface area contributed by atoms with Gasteiger partial charge in [0.15, 0.2) is 0 Å². The van der Waals surface area contributed by atoms with Gasteiger partial charge in [0.2, 0.25) is 0 Å². The molecule has 2 aromatic rings. The minimum atomic E-state index is -0.260. The fraction of sp³-hybridized carbons (Fsp3) is 0.594. The van der Waals surface area contributed by atoms with E-state index >= 15 is 0 Å². The van der Waals surface area contributed by atoms with E-state index in [0.29, 0.717) is 0 Å². The van der Waals surface area contributed by atoms with Gasteiger partial charge in [0.05, 0.1) is 11.5 Å². The Labute approximate surface area is 203 Å². The topological polar surface area (TPSA) is 23.8 Å². The van der Waals surface area contributed by atoms with Crippen molar-refractivity contribution in [3.8, 4) is 17.2 Å². The third-order valence-electron chi connectivity index (χ3n) is 8.44. The molecule has 0 atom stereocenters. The van der Waals surface area contributed by atoms with Gasteiger partial charge in [0, 0.05) is 5.41 Å². The molecule has 0 bridgehead atoms. The molecule has 0 N–H and O–H groups in total. The Bertz CT molecular complexity index is 861. The third kappa shape index (κ3) is 5.54. The zero-order chi connectivity index (χ0) is 23.6. The molecule has 0 aromatic heterocycles. The van der Waals surface area contributed by atoms with Gasteiger partial charge in [0.1, 0.15) is 0 Å². The molecule has 2 aromatic carbocycles. The highest BCUT2D eigenvalue weighted by atomic mass is 14.6. The molecule has 0 aliphatic heterocycles. The molecule has 0 unspecified atom stereocenters. The monoisotopic (exact) mass is 443 g/mol. The molecular weight excluding hydrogens is 398 g/mol. The van der Waals surface area contributed by atoms with Crippen LogP contribution < -0.4 is 0 Å². The third-order valence-corrected chi connectivity index (χ3v) is 8.44. The predicted molar refractivity (Wildman–Crippen MR) is 142 cm³/mol. The lowest BCUT2D eigenvalue weighted by molar-refractivity contribution is 0.0787. The predicted octanol–water partition coefficient (Wildman–Crippen LogP) is 9.86. The number of hydrogen-bond donors (Lipinski definition) is 0. The molecule has 0 radical (unpaired) electrons. The Morgan fingerprint density at radius 3 is 2.06 bits per heavy atom. The van der Waals surface area contributed by atoms with E-state index in [9.17, 15) is 5.26 Å². The summed E-state index contributed by atoms with van der Waals surface area (Å²) in [6.45, 7) is 6.90. The van der Waals surface area contributed by atoms with Crippen LogP contribution >= 0.6 is 0 Å². The van der Waals surface area contributed by atoms with Crippen molar-refractivity contribution in [1.82, 2.24) is 0 Å². The lowest BCUT2D eigenvalue weighted by Crippen LogP contribution is -2.47. The smallest absolute Gasteiger partial charge is 0.0699 e. The summed E-state index contributed by atoms with van der Waals surface area (Å²) in [5.74, 6) is 0.814. The standard InChI is InChI=1S/C32H45N/c1-4-7-8-10-15-27-20-24-31(26-33,25-21-27)32(22-5-2,23-6-3)30-19-14-13-18-29(30)28-16-11-9-12-17-28/h9,11-14,16-19,27H,4-8,10,15,20-25H2,1-3H3/t27-,31+. The Hall–Kier alpha value is -2.07. The van der Waals surface area contributed by atoms with Gasteiger partial charge in [-0.25, -0.2) is 0 Å². The van der Waals surface area contributed by atoms with Gasteiger partial charge in [-0.3, -0.25) is 0 Å². The second-order valence-electron chi connectivity index (χ2n) is 10.5. The fourth-order valence-electron chi connectivity index (χ4n) is 6.77. The van der Waals surface area contributed by atoms with Crippen molar-refractivity contribution in [3.63, 3.8) is 0 Å². The van der Waals surface area contributed by atoms with Crippen LogP contribution in [0.15, 0.2) is 54.6 Å². The minimum Gasteiger partial charge on any atom is -0.198 e. The first-order chi connectivity index (χ1) is 16.2. The first-order valence-corrected chi connectivity index (χ1v) is 13.7. The molecule has 0 amide bonds. The van der Waals surface area contributed by atoms with Gasteiger partial charge in [-0.15, -0.1) is 0 Å². The van der Waals surface area contributed by atoms with Crippen molar-refractivity contribution in [2.75, 3.05) is 0 Å². The molecule has 1 aliphatic rings. The van der Waals surface area contributed by atoms with Crippen LogP contribution in [0.4, 0.5) is 0 Å². The van der Waals surface area contributed by atoms with Gasteiger partial charge in [-0.1, -0.05) is 120 Å². The molecule has 0 saturated heterocycles. The lowest BCUT2D eigenvalue weighted by atomic mass is 9.50. The fourth-order valence-corrected chi connectivity index (χ4v) is 6.77. The largest absolute Gasteiger partial charge is 0.198 e. The number of rotatable bonds is 12. The van der Waals surface area contributed by atoms with Gasteiger partial charge < -0.3 is 0 Å². The number of hydrogen-bond acceptors (Lipinski definition) is 1. The maximum atomic E-state index is 10.8. The molecular formula is C32H45N. The lowest BCUT2D eigenvalue weighted by Gasteiger charge is -2.51. The first-order valence-electron chi connectivity index (χ1n) is 13.7. The van der Waals surface area contributed by atoms with E-state index < -0.39 is 0 Å². The van der Waals surface area contributed by atoms with Crippen molar-refractivity contribution in [2.24, 2.45) is 11.3 Å². The number of nitriles is 1. The van der Waals surface area contributed by atoms with E-state index in [1.807, 2.05) is 0 Å². The second-order valence-corrected chi connectivity index (χ2v) is 10.5. The highest BCUT2D eigenvalue weighted by molar-refractivity contribution is 5.69. The van der Waals surface area contributed by atoms with Gasteiger partial charge >= 0.3 is 0 Å². The minimum absolute atomic E-state index is 0.0785. The Morgan fingerprint density at radius 2 is 1.45 bits per heavy atom. The molecule has 3 rings (SSSR count). The molecule has 33 heavy (non-hydrogen) atoms. The highest BCUT2D eigenvalue weighted by Crippen LogP contribution is 2.58. The summed E-state index contributed by atoms with van der Waals surface area (Å²) in [5.41, 5.74) is 3.69. The molecule has 1 fully saturated rings. The molecule has 178 valence electrons. The average Bonchev–Trinajstić information content (AvgIpc) is 2.87. The van der Waals surface area contributed by atoms with Crippen LogP contribution in [0, 0.1) is 22.7 Å². The van der Waals surface area contributed by atoms with Crippen LogP contribution in [0.5, 0.6) is 0 Å². The molecule has 0 spiro atoms. The van der Waals surface area contributed by atoms with E-state index in [-0.39, 0.29) is 10.8 Å². The van der Waals surface area contributed by atoms with E-state index in [2.05, 4.69) is 81.4 Å². The Balaban J connectivity index is 1.99. The molecule has 1 nitrogen and oxygen atoms in total. The molecule has 0 heterocycles. The summed E-state index contributed by atoms with van der Waals surface area (Å²) in [7, 11) is 0. The van der Waals surface area contributed by atoms with Crippen molar-refractivity contribution < 1.29 is 0 Å². The maximum Gasteiger partial charge on any atom is 0.0699 e. The molecule has 1 heteroatoms. The Kier molecular flexibility index (Phi) is 9.61. The quantitative estimate of drug-likeness (QED) is 0.299.